The minimum atomic E-state index is -0.177. The predicted octanol–water partition coefficient (Wildman–Crippen LogP) is 4.37. The lowest BCUT2D eigenvalue weighted by Crippen LogP contribution is -2.49. The van der Waals surface area contributed by atoms with Gasteiger partial charge in [0.25, 0.3) is 5.91 Å². The van der Waals surface area contributed by atoms with Crippen LogP contribution >= 0.6 is 11.3 Å². The lowest BCUT2D eigenvalue weighted by atomic mass is 9.90. The topological polar surface area (TPSA) is 53.8 Å². The van der Waals surface area contributed by atoms with Gasteiger partial charge in [0.05, 0.1) is 18.2 Å². The molecule has 0 saturated carbocycles. The highest BCUT2D eigenvalue weighted by atomic mass is 32.1. The zero-order chi connectivity index (χ0) is 20.5. The second-order valence-corrected chi connectivity index (χ2v) is 8.96. The minimum Gasteiger partial charge on any atom is -0.459 e. The molecule has 0 radical (unpaired) electrons. The molecule has 0 spiro atoms. The number of benzene rings is 1. The fraction of sp³-hybridized carbons (Fsp3) is 0.333. The van der Waals surface area contributed by atoms with Crippen LogP contribution in [0.5, 0.6) is 0 Å². The number of hydrogen-bond donors (Lipinski definition) is 0. The van der Waals surface area contributed by atoms with Crippen LogP contribution in [-0.4, -0.2) is 41.2 Å². The Morgan fingerprint density at radius 1 is 1.03 bits per heavy atom. The van der Waals surface area contributed by atoms with E-state index in [4.69, 9.17) is 4.42 Å². The van der Waals surface area contributed by atoms with E-state index in [1.807, 2.05) is 23.1 Å². The quantitative estimate of drug-likeness (QED) is 0.632. The summed E-state index contributed by atoms with van der Waals surface area (Å²) in [4.78, 5) is 31.6. The average molecular weight is 421 g/mol. The first-order valence-corrected chi connectivity index (χ1v) is 11.3. The van der Waals surface area contributed by atoms with Crippen molar-refractivity contribution in [3.8, 4) is 0 Å². The number of carbonyl (C=O) groups excluding carboxylic acids is 2. The number of hydrogen-bond acceptors (Lipinski definition) is 4. The van der Waals surface area contributed by atoms with Gasteiger partial charge in [-0.25, -0.2) is 0 Å². The van der Waals surface area contributed by atoms with E-state index in [1.54, 1.807) is 28.4 Å². The number of rotatable bonds is 3. The van der Waals surface area contributed by atoms with Crippen LogP contribution < -0.4 is 0 Å². The van der Waals surface area contributed by atoms with Crippen molar-refractivity contribution in [1.82, 2.24) is 9.80 Å². The van der Waals surface area contributed by atoms with Gasteiger partial charge in [-0.15, -0.1) is 11.3 Å². The van der Waals surface area contributed by atoms with E-state index in [1.165, 1.54) is 16.7 Å². The van der Waals surface area contributed by atoms with Crippen LogP contribution in [0.15, 0.2) is 64.6 Å². The summed E-state index contributed by atoms with van der Waals surface area (Å²) in [7, 11) is 0. The molecule has 0 N–H and O–H groups in total. The van der Waals surface area contributed by atoms with E-state index < -0.39 is 0 Å². The van der Waals surface area contributed by atoms with Crippen LogP contribution in [0, 0.1) is 5.92 Å². The molecule has 1 aromatic carbocycles. The predicted molar refractivity (Wildman–Crippen MR) is 115 cm³/mol. The lowest BCUT2D eigenvalue weighted by Gasteiger charge is -2.40. The molecule has 6 heteroatoms. The second kappa shape index (κ2) is 8.11. The van der Waals surface area contributed by atoms with Gasteiger partial charge < -0.3 is 14.2 Å². The van der Waals surface area contributed by atoms with E-state index in [-0.39, 0.29) is 23.8 Å². The summed E-state index contributed by atoms with van der Waals surface area (Å²) in [6.07, 6.45) is 4.05. The Balaban J connectivity index is 1.40. The van der Waals surface area contributed by atoms with Crippen LogP contribution in [0.25, 0.3) is 0 Å². The van der Waals surface area contributed by atoms with Crippen LogP contribution in [0.3, 0.4) is 0 Å². The highest BCUT2D eigenvalue weighted by Gasteiger charge is 2.38. The highest BCUT2D eigenvalue weighted by molar-refractivity contribution is 7.10. The maximum atomic E-state index is 13.7. The van der Waals surface area contributed by atoms with Crippen LogP contribution in [-0.2, 0) is 11.2 Å². The number of piperidine rings is 1. The summed E-state index contributed by atoms with van der Waals surface area (Å²) in [6.45, 7) is 1.83. The molecule has 2 amide bonds. The van der Waals surface area contributed by atoms with Crippen molar-refractivity contribution < 1.29 is 14.0 Å². The molecular formula is C24H24N2O3S. The van der Waals surface area contributed by atoms with Crippen molar-refractivity contribution >= 4 is 23.2 Å². The zero-order valence-electron chi connectivity index (χ0n) is 16.7. The number of thiophene rings is 1. The zero-order valence-corrected chi connectivity index (χ0v) is 17.5. The summed E-state index contributed by atoms with van der Waals surface area (Å²) < 4.78 is 5.28. The number of amides is 2. The third kappa shape index (κ3) is 3.45. The Hall–Kier alpha value is -2.86. The summed E-state index contributed by atoms with van der Waals surface area (Å²) in [5, 5.41) is 2.12. The molecule has 3 aromatic rings. The van der Waals surface area contributed by atoms with Crippen molar-refractivity contribution in [3.05, 3.63) is 81.9 Å². The Morgan fingerprint density at radius 3 is 2.70 bits per heavy atom. The second-order valence-electron chi connectivity index (χ2n) is 7.96. The first-order valence-electron chi connectivity index (χ1n) is 10.5. The molecule has 5 rings (SSSR count). The number of nitrogens with zero attached hydrogens (tertiary/aromatic N) is 2. The molecule has 2 aromatic heterocycles. The van der Waals surface area contributed by atoms with Gasteiger partial charge in [-0.05, 0) is 54.0 Å². The van der Waals surface area contributed by atoms with E-state index in [0.29, 0.717) is 25.4 Å². The van der Waals surface area contributed by atoms with E-state index in [0.717, 1.165) is 24.8 Å². The molecule has 2 aliphatic heterocycles. The molecule has 2 aliphatic rings. The van der Waals surface area contributed by atoms with E-state index in [2.05, 4.69) is 23.6 Å². The van der Waals surface area contributed by atoms with Crippen LogP contribution in [0.1, 0.15) is 45.4 Å². The van der Waals surface area contributed by atoms with Gasteiger partial charge in [0.15, 0.2) is 5.76 Å². The summed E-state index contributed by atoms with van der Waals surface area (Å²) in [6, 6.07) is 15.8. The maximum Gasteiger partial charge on any atom is 0.289 e. The molecule has 2 unspecified atom stereocenters. The first-order chi connectivity index (χ1) is 14.7. The maximum absolute atomic E-state index is 13.7. The van der Waals surface area contributed by atoms with Gasteiger partial charge in [-0.3, -0.25) is 9.59 Å². The van der Waals surface area contributed by atoms with Gasteiger partial charge in [-0.1, -0.05) is 30.3 Å². The molecule has 0 bridgehead atoms. The van der Waals surface area contributed by atoms with Crippen molar-refractivity contribution in [1.29, 1.82) is 0 Å². The van der Waals surface area contributed by atoms with Gasteiger partial charge in [0.1, 0.15) is 0 Å². The molecule has 1 fully saturated rings. The van der Waals surface area contributed by atoms with Crippen molar-refractivity contribution in [3.63, 3.8) is 0 Å². The lowest BCUT2D eigenvalue weighted by molar-refractivity contribution is -0.139. The molecule has 4 heterocycles. The first kappa shape index (κ1) is 19.1. The molecule has 0 aliphatic carbocycles. The van der Waals surface area contributed by atoms with Gasteiger partial charge >= 0.3 is 0 Å². The van der Waals surface area contributed by atoms with Crippen LogP contribution in [0.2, 0.25) is 0 Å². The van der Waals surface area contributed by atoms with Gasteiger partial charge in [0.2, 0.25) is 5.91 Å². The monoisotopic (exact) mass is 420 g/mol. The van der Waals surface area contributed by atoms with E-state index >= 15 is 0 Å². The molecule has 154 valence electrons. The Morgan fingerprint density at radius 2 is 1.90 bits per heavy atom. The SMILES string of the molecule is O=C(c1ccco1)N1CCCC(C(=O)N2CCc3sccc3C2c2ccccc2)C1. The Kier molecular flexibility index (Phi) is 5.17. The number of carbonyl (C=O) groups is 2. The Bertz CT molecular complexity index is 1030. The van der Waals surface area contributed by atoms with Crippen molar-refractivity contribution in [2.45, 2.75) is 25.3 Å². The van der Waals surface area contributed by atoms with Gasteiger partial charge in [0, 0.05) is 24.5 Å². The Labute approximate surface area is 179 Å². The van der Waals surface area contributed by atoms with Crippen molar-refractivity contribution in [2.75, 3.05) is 19.6 Å². The molecule has 1 saturated heterocycles. The highest BCUT2D eigenvalue weighted by Crippen LogP contribution is 2.39. The van der Waals surface area contributed by atoms with Gasteiger partial charge in [-0.2, -0.15) is 0 Å². The average Bonchev–Trinajstić information content (AvgIpc) is 3.50. The van der Waals surface area contributed by atoms with E-state index in [9.17, 15) is 9.59 Å². The molecular weight excluding hydrogens is 396 g/mol. The minimum absolute atomic E-state index is 0.0511. The third-order valence-corrected chi connectivity index (χ3v) is 7.15. The number of fused-ring (bicyclic) bond motifs is 1. The normalized spacial score (nSPS) is 21.3. The number of furan rings is 1. The smallest absolute Gasteiger partial charge is 0.289 e. The summed E-state index contributed by atoms with van der Waals surface area (Å²) in [5.41, 5.74) is 2.38. The summed E-state index contributed by atoms with van der Waals surface area (Å²) in [5.74, 6) is 0.184. The largest absolute Gasteiger partial charge is 0.459 e. The number of likely N-dealkylation sites (tertiary alicyclic amines) is 1. The molecule has 30 heavy (non-hydrogen) atoms. The third-order valence-electron chi connectivity index (χ3n) is 6.15. The van der Waals surface area contributed by atoms with Crippen LogP contribution in [0.4, 0.5) is 0 Å². The molecule has 2 atom stereocenters. The fourth-order valence-corrected chi connectivity index (χ4v) is 5.61. The standard InChI is InChI=1S/C24H24N2O3S/c27-23(18-8-4-12-25(16-18)24(28)20-9-5-14-29-20)26-13-10-21-19(11-15-30-21)22(26)17-6-2-1-3-7-17/h1-3,5-7,9,11,14-15,18,22H,4,8,10,12-13,16H2. The molecule has 5 nitrogen and oxygen atoms in total. The fourth-order valence-electron chi connectivity index (χ4n) is 4.70. The summed E-state index contributed by atoms with van der Waals surface area (Å²) >= 11 is 1.77. The van der Waals surface area contributed by atoms with Crippen molar-refractivity contribution in [2.24, 2.45) is 5.92 Å².